The first kappa shape index (κ1) is 10.3. The summed E-state index contributed by atoms with van der Waals surface area (Å²) in [7, 11) is 0. The predicted octanol–water partition coefficient (Wildman–Crippen LogP) is 2.76. The van der Waals surface area contributed by atoms with Crippen molar-refractivity contribution in [2.24, 2.45) is 5.41 Å². The van der Waals surface area contributed by atoms with E-state index in [0.29, 0.717) is 5.88 Å². The van der Waals surface area contributed by atoms with Gasteiger partial charge in [-0.1, -0.05) is 19.9 Å². The minimum Gasteiger partial charge on any atom is -0.369 e. The van der Waals surface area contributed by atoms with Crippen LogP contribution in [0.1, 0.15) is 13.8 Å². The van der Waals surface area contributed by atoms with Gasteiger partial charge in [-0.3, -0.25) is 0 Å². The summed E-state index contributed by atoms with van der Waals surface area (Å²) >= 11 is 5.80. The second kappa shape index (κ2) is 4.47. The Morgan fingerprint density at radius 2 is 2.23 bits per heavy atom. The van der Waals surface area contributed by atoms with E-state index in [9.17, 15) is 0 Å². The molecule has 1 aromatic heterocycles. The summed E-state index contributed by atoms with van der Waals surface area (Å²) < 4.78 is 0. The Bertz CT molecular complexity index is 246. The number of rotatable bonds is 4. The molecular weight excluding hydrogens is 184 g/mol. The molecular formula is C10H15ClN2. The maximum atomic E-state index is 5.80. The van der Waals surface area contributed by atoms with E-state index in [-0.39, 0.29) is 5.41 Å². The quantitative estimate of drug-likeness (QED) is 0.753. The Balaban J connectivity index is 2.44. The van der Waals surface area contributed by atoms with E-state index < -0.39 is 0 Å². The number of aromatic nitrogens is 1. The fourth-order valence-electron chi connectivity index (χ4n) is 0.844. The Labute approximate surface area is 84.3 Å². The lowest BCUT2D eigenvalue weighted by atomic mass is 9.97. The van der Waals surface area contributed by atoms with Gasteiger partial charge in [-0.05, 0) is 17.5 Å². The van der Waals surface area contributed by atoms with Crippen molar-refractivity contribution < 1.29 is 0 Å². The largest absolute Gasteiger partial charge is 0.369 e. The minimum absolute atomic E-state index is 0.110. The van der Waals surface area contributed by atoms with Gasteiger partial charge in [0.2, 0.25) is 0 Å². The minimum atomic E-state index is 0.110. The van der Waals surface area contributed by atoms with E-state index in [1.807, 2.05) is 18.2 Å². The molecule has 72 valence electrons. The van der Waals surface area contributed by atoms with Crippen LogP contribution in [0.2, 0.25) is 0 Å². The summed E-state index contributed by atoms with van der Waals surface area (Å²) in [4.78, 5) is 4.16. The van der Waals surface area contributed by atoms with Crippen LogP contribution in [0, 0.1) is 5.41 Å². The summed E-state index contributed by atoms with van der Waals surface area (Å²) in [6.07, 6.45) is 1.77. The number of hydrogen-bond donors (Lipinski definition) is 1. The SMILES string of the molecule is CC(C)(CCl)CNc1ccccn1. The molecule has 1 aromatic rings. The first-order chi connectivity index (χ1) is 6.14. The molecule has 0 amide bonds. The molecule has 0 aliphatic rings. The zero-order valence-electron chi connectivity index (χ0n) is 8.05. The number of halogens is 1. The van der Waals surface area contributed by atoms with Crippen LogP contribution in [-0.2, 0) is 0 Å². The van der Waals surface area contributed by atoms with Crippen LogP contribution in [0.15, 0.2) is 24.4 Å². The molecule has 0 spiro atoms. The van der Waals surface area contributed by atoms with Crippen LogP contribution in [0.3, 0.4) is 0 Å². The number of alkyl halides is 1. The molecule has 0 aliphatic carbocycles. The lowest BCUT2D eigenvalue weighted by Crippen LogP contribution is -2.24. The van der Waals surface area contributed by atoms with Gasteiger partial charge in [0.1, 0.15) is 5.82 Å². The van der Waals surface area contributed by atoms with Crippen LogP contribution < -0.4 is 5.32 Å². The molecule has 1 rings (SSSR count). The van der Waals surface area contributed by atoms with Crippen molar-refractivity contribution in [1.82, 2.24) is 4.98 Å². The van der Waals surface area contributed by atoms with Crippen molar-refractivity contribution in [3.63, 3.8) is 0 Å². The van der Waals surface area contributed by atoms with Gasteiger partial charge in [0.05, 0.1) is 0 Å². The molecule has 0 unspecified atom stereocenters. The second-order valence-electron chi connectivity index (χ2n) is 3.87. The normalized spacial score (nSPS) is 11.3. The molecule has 0 aliphatic heterocycles. The van der Waals surface area contributed by atoms with Crippen molar-refractivity contribution >= 4 is 17.4 Å². The predicted molar refractivity (Wildman–Crippen MR) is 57.2 cm³/mol. The van der Waals surface area contributed by atoms with Crippen molar-refractivity contribution in [3.05, 3.63) is 24.4 Å². The molecule has 1 N–H and O–H groups in total. The number of anilines is 1. The van der Waals surface area contributed by atoms with Gasteiger partial charge in [-0.25, -0.2) is 4.98 Å². The Kier molecular flexibility index (Phi) is 3.55. The van der Waals surface area contributed by atoms with E-state index >= 15 is 0 Å². The summed E-state index contributed by atoms with van der Waals surface area (Å²) in [6, 6.07) is 5.81. The summed E-state index contributed by atoms with van der Waals surface area (Å²) in [5.41, 5.74) is 0.110. The molecule has 1 heterocycles. The highest BCUT2D eigenvalue weighted by atomic mass is 35.5. The fourth-order valence-corrected chi connectivity index (χ4v) is 0.939. The van der Waals surface area contributed by atoms with Gasteiger partial charge in [-0.15, -0.1) is 11.6 Å². The van der Waals surface area contributed by atoms with Crippen LogP contribution in [0.4, 0.5) is 5.82 Å². The average molecular weight is 199 g/mol. The third kappa shape index (κ3) is 3.64. The Hall–Kier alpha value is -0.760. The third-order valence-corrected chi connectivity index (χ3v) is 2.50. The molecule has 0 bridgehead atoms. The first-order valence-electron chi connectivity index (χ1n) is 4.35. The van der Waals surface area contributed by atoms with Crippen molar-refractivity contribution in [1.29, 1.82) is 0 Å². The summed E-state index contributed by atoms with van der Waals surface area (Å²) in [5.74, 6) is 1.55. The highest BCUT2D eigenvalue weighted by Crippen LogP contribution is 2.17. The molecule has 0 atom stereocenters. The Morgan fingerprint density at radius 3 is 2.77 bits per heavy atom. The molecule has 13 heavy (non-hydrogen) atoms. The summed E-state index contributed by atoms with van der Waals surface area (Å²) in [5, 5.41) is 3.24. The number of hydrogen-bond acceptors (Lipinski definition) is 2. The van der Waals surface area contributed by atoms with E-state index in [4.69, 9.17) is 11.6 Å². The van der Waals surface area contributed by atoms with Crippen LogP contribution in [-0.4, -0.2) is 17.4 Å². The third-order valence-electron chi connectivity index (χ3n) is 1.77. The van der Waals surface area contributed by atoms with Gasteiger partial charge >= 0.3 is 0 Å². The maximum Gasteiger partial charge on any atom is 0.125 e. The molecule has 2 nitrogen and oxygen atoms in total. The maximum absolute atomic E-state index is 5.80. The topological polar surface area (TPSA) is 24.9 Å². The summed E-state index contributed by atoms with van der Waals surface area (Å²) in [6.45, 7) is 5.08. The number of nitrogens with one attached hydrogen (secondary N) is 1. The molecule has 0 radical (unpaired) electrons. The van der Waals surface area contributed by atoms with Crippen molar-refractivity contribution in [3.8, 4) is 0 Å². The zero-order valence-corrected chi connectivity index (χ0v) is 8.80. The molecule has 0 fully saturated rings. The zero-order chi connectivity index (χ0) is 9.73. The average Bonchev–Trinajstić information content (AvgIpc) is 2.17. The molecule has 3 heteroatoms. The second-order valence-corrected chi connectivity index (χ2v) is 4.13. The molecule has 0 saturated heterocycles. The van der Waals surface area contributed by atoms with Crippen molar-refractivity contribution in [2.75, 3.05) is 17.7 Å². The number of nitrogens with zero attached hydrogens (tertiary/aromatic N) is 1. The van der Waals surface area contributed by atoms with Gasteiger partial charge in [0.25, 0.3) is 0 Å². The first-order valence-corrected chi connectivity index (χ1v) is 4.88. The van der Waals surface area contributed by atoms with Gasteiger partial charge in [0.15, 0.2) is 0 Å². The molecule has 0 aromatic carbocycles. The van der Waals surface area contributed by atoms with E-state index in [1.54, 1.807) is 6.20 Å². The standard InChI is InChI=1S/C10H15ClN2/c1-10(2,7-11)8-13-9-5-3-4-6-12-9/h3-6H,7-8H2,1-2H3,(H,12,13). The lowest BCUT2D eigenvalue weighted by Gasteiger charge is -2.21. The fraction of sp³-hybridized carbons (Fsp3) is 0.500. The van der Waals surface area contributed by atoms with E-state index in [1.165, 1.54) is 0 Å². The monoisotopic (exact) mass is 198 g/mol. The van der Waals surface area contributed by atoms with E-state index in [0.717, 1.165) is 12.4 Å². The van der Waals surface area contributed by atoms with Crippen LogP contribution in [0.25, 0.3) is 0 Å². The van der Waals surface area contributed by atoms with Gasteiger partial charge in [0, 0.05) is 18.6 Å². The Morgan fingerprint density at radius 1 is 1.46 bits per heavy atom. The van der Waals surface area contributed by atoms with Gasteiger partial charge in [-0.2, -0.15) is 0 Å². The smallest absolute Gasteiger partial charge is 0.125 e. The van der Waals surface area contributed by atoms with Crippen LogP contribution >= 0.6 is 11.6 Å². The lowest BCUT2D eigenvalue weighted by molar-refractivity contribution is 0.449. The van der Waals surface area contributed by atoms with Gasteiger partial charge < -0.3 is 5.32 Å². The van der Waals surface area contributed by atoms with Crippen LogP contribution in [0.5, 0.6) is 0 Å². The molecule has 0 saturated carbocycles. The number of pyridine rings is 1. The van der Waals surface area contributed by atoms with E-state index in [2.05, 4.69) is 24.1 Å². The highest BCUT2D eigenvalue weighted by molar-refractivity contribution is 6.18. The van der Waals surface area contributed by atoms with Crippen molar-refractivity contribution in [2.45, 2.75) is 13.8 Å². The highest BCUT2D eigenvalue weighted by Gasteiger charge is 2.15.